The summed E-state index contributed by atoms with van der Waals surface area (Å²) in [4.78, 5) is 4.53. The highest BCUT2D eigenvalue weighted by Crippen LogP contribution is 2.29. The van der Waals surface area contributed by atoms with Crippen LogP contribution in [0.1, 0.15) is 0 Å². The quantitative estimate of drug-likeness (QED) is 0.382. The van der Waals surface area contributed by atoms with Crippen molar-refractivity contribution >= 4 is 32.6 Å². The van der Waals surface area contributed by atoms with Gasteiger partial charge in [-0.05, 0) is 46.5 Å². The molecule has 0 unspecified atom stereocenters. The van der Waals surface area contributed by atoms with Crippen LogP contribution in [0.4, 0.5) is 0 Å². The third-order valence-corrected chi connectivity index (χ3v) is 4.44. The van der Waals surface area contributed by atoms with E-state index >= 15 is 0 Å². The minimum Gasteiger partial charge on any atom is -0.298 e. The molecule has 5 rings (SSSR count). The molecule has 0 saturated carbocycles. The molecule has 5 aromatic rings. The van der Waals surface area contributed by atoms with Crippen LogP contribution < -0.4 is 0 Å². The van der Waals surface area contributed by atoms with Gasteiger partial charge in [0, 0.05) is 5.39 Å². The molecule has 0 saturated heterocycles. The van der Waals surface area contributed by atoms with Crippen molar-refractivity contribution in [3.05, 3.63) is 85.2 Å². The Bertz CT molecular complexity index is 1170. The van der Waals surface area contributed by atoms with Crippen LogP contribution in [-0.4, -0.2) is 9.55 Å². The molecule has 0 spiro atoms. The van der Waals surface area contributed by atoms with Gasteiger partial charge in [-0.2, -0.15) is 0 Å². The molecule has 0 radical (unpaired) electrons. The largest absolute Gasteiger partial charge is 0.298 e. The zero-order chi connectivity index (χ0) is 15.2. The number of rotatable bonds is 1. The van der Waals surface area contributed by atoms with E-state index in [1.54, 1.807) is 0 Å². The van der Waals surface area contributed by atoms with Gasteiger partial charge in [-0.15, -0.1) is 0 Å². The van der Waals surface area contributed by atoms with Gasteiger partial charge in [0.2, 0.25) is 0 Å². The molecule has 1 heterocycles. The van der Waals surface area contributed by atoms with Gasteiger partial charge < -0.3 is 0 Å². The highest BCUT2D eigenvalue weighted by atomic mass is 15.0. The average molecular weight is 294 g/mol. The Labute approximate surface area is 133 Å². The van der Waals surface area contributed by atoms with Crippen LogP contribution in [-0.2, 0) is 0 Å². The number of para-hydroxylation sites is 2. The van der Waals surface area contributed by atoms with Gasteiger partial charge in [0.15, 0.2) is 0 Å². The predicted molar refractivity (Wildman–Crippen MR) is 96.1 cm³/mol. The number of imidazole rings is 1. The first-order valence-electron chi connectivity index (χ1n) is 7.74. The topological polar surface area (TPSA) is 17.8 Å². The molecular formula is C21H14N2. The Hall–Kier alpha value is -3.13. The van der Waals surface area contributed by atoms with Crippen LogP contribution in [0.25, 0.3) is 38.3 Å². The summed E-state index contributed by atoms with van der Waals surface area (Å²) in [6.07, 6.45) is 1.91. The van der Waals surface area contributed by atoms with Crippen LogP contribution in [0.3, 0.4) is 0 Å². The van der Waals surface area contributed by atoms with Crippen molar-refractivity contribution in [1.29, 1.82) is 0 Å². The first-order chi connectivity index (χ1) is 11.4. The van der Waals surface area contributed by atoms with E-state index < -0.39 is 0 Å². The van der Waals surface area contributed by atoms with E-state index in [2.05, 4.69) is 76.3 Å². The highest BCUT2D eigenvalue weighted by Gasteiger charge is 2.08. The molecule has 0 atom stereocenters. The van der Waals surface area contributed by atoms with E-state index in [0.717, 1.165) is 11.0 Å². The molecule has 0 fully saturated rings. The maximum Gasteiger partial charge on any atom is 0.100 e. The van der Waals surface area contributed by atoms with E-state index in [1.165, 1.54) is 27.2 Å². The number of hydrogen-bond donors (Lipinski definition) is 0. The minimum atomic E-state index is 1.02. The summed E-state index contributed by atoms with van der Waals surface area (Å²) in [6.45, 7) is 0. The summed E-state index contributed by atoms with van der Waals surface area (Å²) in [5, 5.41) is 5.03. The Kier molecular flexibility index (Phi) is 2.53. The molecule has 0 amide bonds. The van der Waals surface area contributed by atoms with E-state index in [4.69, 9.17) is 0 Å². The van der Waals surface area contributed by atoms with Crippen molar-refractivity contribution in [3.8, 4) is 5.69 Å². The Morgan fingerprint density at radius 3 is 2.30 bits per heavy atom. The number of hydrogen-bond acceptors (Lipinski definition) is 1. The standard InChI is InChI=1S/C21H14N2/c1-2-7-16-13-18-17(12-15(16)6-1)8-5-11-20(18)23-14-22-19-9-3-4-10-21(19)23/h1-14H. The molecule has 4 aromatic carbocycles. The third kappa shape index (κ3) is 1.85. The molecule has 1 aromatic heterocycles. The van der Waals surface area contributed by atoms with Crippen molar-refractivity contribution < 1.29 is 0 Å². The van der Waals surface area contributed by atoms with Gasteiger partial charge in [-0.3, -0.25) is 4.57 Å². The number of fused-ring (bicyclic) bond motifs is 3. The number of aromatic nitrogens is 2. The summed E-state index contributed by atoms with van der Waals surface area (Å²) in [5.74, 6) is 0. The minimum absolute atomic E-state index is 1.02. The van der Waals surface area contributed by atoms with Crippen LogP contribution in [0.15, 0.2) is 85.2 Å². The van der Waals surface area contributed by atoms with Crippen LogP contribution in [0, 0.1) is 0 Å². The lowest BCUT2D eigenvalue weighted by Gasteiger charge is -2.10. The molecular weight excluding hydrogens is 280 g/mol. The van der Waals surface area contributed by atoms with Crippen molar-refractivity contribution in [3.63, 3.8) is 0 Å². The summed E-state index contributed by atoms with van der Waals surface area (Å²) in [7, 11) is 0. The second-order valence-corrected chi connectivity index (χ2v) is 5.80. The predicted octanol–water partition coefficient (Wildman–Crippen LogP) is 5.33. The first-order valence-corrected chi connectivity index (χ1v) is 7.74. The zero-order valence-corrected chi connectivity index (χ0v) is 12.5. The lowest BCUT2D eigenvalue weighted by atomic mass is 10.0. The van der Waals surface area contributed by atoms with Gasteiger partial charge in [-0.25, -0.2) is 4.98 Å². The van der Waals surface area contributed by atoms with Crippen molar-refractivity contribution in [2.24, 2.45) is 0 Å². The fraction of sp³-hybridized carbons (Fsp3) is 0. The van der Waals surface area contributed by atoms with Gasteiger partial charge >= 0.3 is 0 Å². The Morgan fingerprint density at radius 1 is 0.652 bits per heavy atom. The molecule has 0 bridgehead atoms. The van der Waals surface area contributed by atoms with Crippen LogP contribution in [0.5, 0.6) is 0 Å². The van der Waals surface area contributed by atoms with E-state index in [1.807, 2.05) is 18.5 Å². The fourth-order valence-electron chi connectivity index (χ4n) is 3.31. The molecule has 108 valence electrons. The second-order valence-electron chi connectivity index (χ2n) is 5.80. The summed E-state index contributed by atoms with van der Waals surface area (Å²) in [5.41, 5.74) is 3.32. The van der Waals surface area contributed by atoms with Crippen molar-refractivity contribution in [2.45, 2.75) is 0 Å². The lowest BCUT2D eigenvalue weighted by molar-refractivity contribution is 1.11. The maximum absolute atomic E-state index is 4.53. The van der Waals surface area contributed by atoms with Gasteiger partial charge in [0.25, 0.3) is 0 Å². The molecule has 0 N–H and O–H groups in total. The zero-order valence-electron chi connectivity index (χ0n) is 12.5. The summed E-state index contributed by atoms with van der Waals surface area (Å²) in [6, 6.07) is 27.7. The summed E-state index contributed by atoms with van der Waals surface area (Å²) < 4.78 is 2.17. The first kappa shape index (κ1) is 12.4. The Morgan fingerprint density at radius 2 is 1.39 bits per heavy atom. The maximum atomic E-state index is 4.53. The van der Waals surface area contributed by atoms with E-state index in [9.17, 15) is 0 Å². The molecule has 2 heteroatoms. The molecule has 0 aliphatic rings. The second kappa shape index (κ2) is 4.68. The Balaban J connectivity index is 1.89. The number of benzene rings is 4. The molecule has 0 aliphatic heterocycles. The van der Waals surface area contributed by atoms with Gasteiger partial charge in [-0.1, -0.05) is 48.5 Å². The van der Waals surface area contributed by atoms with Gasteiger partial charge in [0.1, 0.15) is 6.33 Å². The average Bonchev–Trinajstić information content (AvgIpc) is 3.03. The normalized spacial score (nSPS) is 11.5. The fourth-order valence-corrected chi connectivity index (χ4v) is 3.31. The molecule has 23 heavy (non-hydrogen) atoms. The lowest BCUT2D eigenvalue weighted by Crippen LogP contribution is -1.93. The van der Waals surface area contributed by atoms with Crippen LogP contribution >= 0.6 is 0 Å². The highest BCUT2D eigenvalue weighted by molar-refractivity contribution is 6.02. The molecule has 2 nitrogen and oxygen atoms in total. The smallest absolute Gasteiger partial charge is 0.100 e. The molecule has 0 aliphatic carbocycles. The monoisotopic (exact) mass is 294 g/mol. The third-order valence-electron chi connectivity index (χ3n) is 4.44. The summed E-state index contributed by atoms with van der Waals surface area (Å²) >= 11 is 0. The van der Waals surface area contributed by atoms with Crippen molar-refractivity contribution in [1.82, 2.24) is 9.55 Å². The van der Waals surface area contributed by atoms with Crippen LogP contribution in [0.2, 0.25) is 0 Å². The van der Waals surface area contributed by atoms with Gasteiger partial charge in [0.05, 0.1) is 16.7 Å². The van der Waals surface area contributed by atoms with E-state index in [0.29, 0.717) is 0 Å². The van der Waals surface area contributed by atoms with E-state index in [-0.39, 0.29) is 0 Å². The number of nitrogens with zero attached hydrogens (tertiary/aromatic N) is 2. The SMILES string of the molecule is c1ccc2cc3c(-n4cnc5ccccc54)cccc3cc2c1. The van der Waals surface area contributed by atoms with Crippen molar-refractivity contribution in [2.75, 3.05) is 0 Å².